The highest BCUT2D eigenvalue weighted by molar-refractivity contribution is 5.74. The summed E-state index contributed by atoms with van der Waals surface area (Å²) in [6.07, 6.45) is 6.99. The van der Waals surface area contributed by atoms with Gasteiger partial charge in [0, 0.05) is 30.6 Å². The zero-order valence-electron chi connectivity index (χ0n) is 10.9. The highest BCUT2D eigenvalue weighted by Crippen LogP contribution is 2.31. The molecule has 2 N–H and O–H groups in total. The van der Waals surface area contributed by atoms with Gasteiger partial charge in [-0.25, -0.2) is 9.97 Å². The fourth-order valence-electron chi connectivity index (χ4n) is 3.26. The van der Waals surface area contributed by atoms with Gasteiger partial charge in [0.05, 0.1) is 11.7 Å². The van der Waals surface area contributed by atoms with E-state index in [1.165, 1.54) is 12.1 Å². The average molecular weight is 255 g/mol. The molecule has 4 heterocycles. The third-order valence-corrected chi connectivity index (χ3v) is 4.31. The lowest BCUT2D eigenvalue weighted by Crippen LogP contribution is -2.12. The SMILES string of the molecule is CC[C@@H]1CNC[C@H]1c1cnc2cnc3[nH]ccc3n12. The highest BCUT2D eigenvalue weighted by atomic mass is 15.1. The molecule has 0 aliphatic carbocycles. The van der Waals surface area contributed by atoms with E-state index < -0.39 is 0 Å². The minimum atomic E-state index is 0.542. The molecule has 0 saturated carbocycles. The molecule has 5 heteroatoms. The van der Waals surface area contributed by atoms with Crippen LogP contribution in [0.1, 0.15) is 25.0 Å². The molecule has 2 atom stereocenters. The molecule has 0 unspecified atom stereocenters. The zero-order chi connectivity index (χ0) is 12.8. The first-order valence-corrected chi connectivity index (χ1v) is 6.88. The first-order chi connectivity index (χ1) is 9.38. The standard InChI is InChI=1S/C14H17N5/c1-2-9-5-15-6-10(9)12-7-17-13-8-18-14-11(19(12)13)3-4-16-14/h3-4,7-10,15-16H,2,5-6H2,1H3/t9-,10-/m1/s1. The fourth-order valence-corrected chi connectivity index (χ4v) is 3.26. The topological polar surface area (TPSA) is 58.0 Å². The van der Waals surface area contributed by atoms with E-state index in [4.69, 9.17) is 0 Å². The number of aromatic amines is 1. The van der Waals surface area contributed by atoms with Crippen LogP contribution in [0, 0.1) is 5.92 Å². The molecule has 0 bridgehead atoms. The van der Waals surface area contributed by atoms with Crippen molar-refractivity contribution in [2.75, 3.05) is 13.1 Å². The van der Waals surface area contributed by atoms with Gasteiger partial charge < -0.3 is 10.3 Å². The van der Waals surface area contributed by atoms with E-state index in [9.17, 15) is 0 Å². The monoisotopic (exact) mass is 255 g/mol. The molecule has 1 aliphatic rings. The van der Waals surface area contributed by atoms with E-state index in [-0.39, 0.29) is 0 Å². The quantitative estimate of drug-likeness (QED) is 0.735. The third-order valence-electron chi connectivity index (χ3n) is 4.31. The first-order valence-electron chi connectivity index (χ1n) is 6.88. The molecule has 1 saturated heterocycles. The minimum Gasteiger partial charge on any atom is -0.345 e. The van der Waals surface area contributed by atoms with Crippen molar-refractivity contribution in [1.29, 1.82) is 0 Å². The van der Waals surface area contributed by atoms with Crippen molar-refractivity contribution in [1.82, 2.24) is 24.7 Å². The number of aromatic nitrogens is 4. The summed E-state index contributed by atoms with van der Waals surface area (Å²) in [7, 11) is 0. The number of H-pyrrole nitrogens is 1. The largest absolute Gasteiger partial charge is 0.345 e. The number of hydrogen-bond donors (Lipinski definition) is 2. The Labute approximate surface area is 111 Å². The lowest BCUT2D eigenvalue weighted by atomic mass is 9.91. The fraction of sp³-hybridized carbons (Fsp3) is 0.429. The van der Waals surface area contributed by atoms with Gasteiger partial charge in [0.25, 0.3) is 0 Å². The van der Waals surface area contributed by atoms with E-state index in [1.54, 1.807) is 0 Å². The molecule has 0 radical (unpaired) electrons. The Bertz CT molecular complexity index is 726. The Balaban J connectivity index is 1.96. The Morgan fingerprint density at radius 2 is 2.26 bits per heavy atom. The number of fused-ring (bicyclic) bond motifs is 3. The van der Waals surface area contributed by atoms with Crippen LogP contribution in [-0.2, 0) is 0 Å². The second-order valence-electron chi connectivity index (χ2n) is 5.28. The zero-order valence-corrected chi connectivity index (χ0v) is 10.9. The second kappa shape index (κ2) is 4.06. The number of nitrogens with one attached hydrogen (secondary N) is 2. The molecule has 1 aliphatic heterocycles. The molecule has 4 rings (SSSR count). The lowest BCUT2D eigenvalue weighted by molar-refractivity contribution is 0.493. The van der Waals surface area contributed by atoms with Gasteiger partial charge in [-0.2, -0.15) is 0 Å². The molecule has 19 heavy (non-hydrogen) atoms. The maximum atomic E-state index is 4.52. The van der Waals surface area contributed by atoms with Crippen molar-refractivity contribution in [3.8, 4) is 0 Å². The van der Waals surface area contributed by atoms with Gasteiger partial charge in [-0.1, -0.05) is 13.3 Å². The van der Waals surface area contributed by atoms with E-state index >= 15 is 0 Å². The second-order valence-corrected chi connectivity index (χ2v) is 5.28. The molecule has 98 valence electrons. The Kier molecular flexibility index (Phi) is 2.35. The minimum absolute atomic E-state index is 0.542. The highest BCUT2D eigenvalue weighted by Gasteiger charge is 2.29. The number of imidazole rings is 1. The normalized spacial score (nSPS) is 23.6. The summed E-state index contributed by atoms with van der Waals surface area (Å²) in [4.78, 5) is 12.1. The van der Waals surface area contributed by atoms with Gasteiger partial charge in [-0.15, -0.1) is 0 Å². The summed E-state index contributed by atoms with van der Waals surface area (Å²) < 4.78 is 2.25. The van der Waals surface area contributed by atoms with Crippen molar-refractivity contribution in [3.63, 3.8) is 0 Å². The maximum Gasteiger partial charge on any atom is 0.156 e. The number of hydrogen-bond acceptors (Lipinski definition) is 3. The van der Waals surface area contributed by atoms with Crippen LogP contribution in [-0.4, -0.2) is 32.4 Å². The molecule has 0 aromatic carbocycles. The molecular weight excluding hydrogens is 238 g/mol. The summed E-state index contributed by atoms with van der Waals surface area (Å²) in [5.41, 5.74) is 4.28. The van der Waals surface area contributed by atoms with Crippen molar-refractivity contribution in [3.05, 3.63) is 30.4 Å². The molecule has 1 fully saturated rings. The van der Waals surface area contributed by atoms with Crippen LogP contribution in [0.5, 0.6) is 0 Å². The summed E-state index contributed by atoms with van der Waals surface area (Å²) in [6.45, 7) is 4.41. The maximum absolute atomic E-state index is 4.52. The van der Waals surface area contributed by atoms with Gasteiger partial charge in [0.15, 0.2) is 11.3 Å². The van der Waals surface area contributed by atoms with Crippen LogP contribution >= 0.6 is 0 Å². The summed E-state index contributed by atoms with van der Waals surface area (Å²) in [6, 6.07) is 2.07. The van der Waals surface area contributed by atoms with E-state index in [1.807, 2.05) is 18.6 Å². The van der Waals surface area contributed by atoms with Crippen LogP contribution in [0.3, 0.4) is 0 Å². The molecule has 3 aromatic heterocycles. The number of nitrogens with zero attached hydrogens (tertiary/aromatic N) is 3. The van der Waals surface area contributed by atoms with Gasteiger partial charge in [0.2, 0.25) is 0 Å². The van der Waals surface area contributed by atoms with Crippen molar-refractivity contribution < 1.29 is 0 Å². The van der Waals surface area contributed by atoms with Crippen LogP contribution < -0.4 is 5.32 Å². The lowest BCUT2D eigenvalue weighted by Gasteiger charge is -2.16. The van der Waals surface area contributed by atoms with Crippen LogP contribution in [0.2, 0.25) is 0 Å². The molecular formula is C14H17N5. The third kappa shape index (κ3) is 1.51. The average Bonchev–Trinajstić information content (AvgIpc) is 3.15. The van der Waals surface area contributed by atoms with Crippen molar-refractivity contribution in [2.24, 2.45) is 5.92 Å². The Morgan fingerprint density at radius 1 is 1.32 bits per heavy atom. The molecule has 5 nitrogen and oxygen atoms in total. The van der Waals surface area contributed by atoms with Crippen LogP contribution in [0.4, 0.5) is 0 Å². The summed E-state index contributed by atoms with van der Waals surface area (Å²) >= 11 is 0. The van der Waals surface area contributed by atoms with Crippen molar-refractivity contribution >= 4 is 16.8 Å². The van der Waals surface area contributed by atoms with Crippen LogP contribution in [0.25, 0.3) is 16.8 Å². The predicted molar refractivity (Wildman–Crippen MR) is 74.2 cm³/mol. The summed E-state index contributed by atoms with van der Waals surface area (Å²) in [5, 5.41) is 3.50. The molecule has 0 amide bonds. The number of rotatable bonds is 2. The van der Waals surface area contributed by atoms with Gasteiger partial charge in [-0.05, 0) is 18.5 Å². The van der Waals surface area contributed by atoms with Gasteiger partial charge in [-0.3, -0.25) is 4.40 Å². The Hall–Kier alpha value is -1.88. The summed E-state index contributed by atoms with van der Waals surface area (Å²) in [5.74, 6) is 1.24. The Morgan fingerprint density at radius 3 is 3.16 bits per heavy atom. The molecule has 3 aromatic rings. The first kappa shape index (κ1) is 11.0. The van der Waals surface area contributed by atoms with Crippen molar-refractivity contribution in [2.45, 2.75) is 19.3 Å². The van der Waals surface area contributed by atoms with Crippen LogP contribution in [0.15, 0.2) is 24.7 Å². The predicted octanol–water partition coefficient (Wildman–Crippen LogP) is 1.92. The van der Waals surface area contributed by atoms with E-state index in [0.717, 1.165) is 29.9 Å². The molecule has 0 spiro atoms. The van der Waals surface area contributed by atoms with Gasteiger partial charge in [0.1, 0.15) is 0 Å². The van der Waals surface area contributed by atoms with E-state index in [2.05, 4.69) is 37.7 Å². The smallest absolute Gasteiger partial charge is 0.156 e. The van der Waals surface area contributed by atoms with E-state index in [0.29, 0.717) is 11.8 Å². The van der Waals surface area contributed by atoms with Gasteiger partial charge >= 0.3 is 0 Å².